The zero-order chi connectivity index (χ0) is 13.0. The topological polar surface area (TPSA) is 85.2 Å². The smallest absolute Gasteiger partial charge is 0.408 e. The molecule has 0 saturated heterocycles. The first-order chi connectivity index (χ1) is 8.70. The van der Waals surface area contributed by atoms with Crippen molar-refractivity contribution in [2.24, 2.45) is 4.99 Å². The highest BCUT2D eigenvalue weighted by Gasteiger charge is 2.20. The first-order valence-corrected chi connectivity index (χ1v) is 5.69. The van der Waals surface area contributed by atoms with Gasteiger partial charge in [0.05, 0.1) is 25.4 Å². The number of carboxylic acid groups (broad SMARTS) is 1. The minimum Gasteiger partial charge on any atom is -0.465 e. The van der Waals surface area contributed by atoms with Gasteiger partial charge in [-0.3, -0.25) is 4.90 Å². The van der Waals surface area contributed by atoms with Gasteiger partial charge in [-0.15, -0.1) is 0 Å². The summed E-state index contributed by atoms with van der Waals surface area (Å²) in [5.74, 6) is 0.552. The SMILES string of the molecule is O=C(O)N1CC(NCCO)=Nc2ccccc2C1. The molecule has 0 aromatic heterocycles. The number of carbonyl (C=O) groups is 1. The van der Waals surface area contributed by atoms with Crippen LogP contribution in [0.2, 0.25) is 0 Å². The van der Waals surface area contributed by atoms with Crippen molar-refractivity contribution in [2.75, 3.05) is 19.7 Å². The summed E-state index contributed by atoms with van der Waals surface area (Å²) in [5.41, 5.74) is 1.64. The van der Waals surface area contributed by atoms with Gasteiger partial charge >= 0.3 is 6.09 Å². The zero-order valence-electron chi connectivity index (χ0n) is 9.83. The van der Waals surface area contributed by atoms with Crippen molar-refractivity contribution >= 4 is 17.6 Å². The third-order valence-corrected chi connectivity index (χ3v) is 2.66. The number of aliphatic hydroxyl groups is 1. The second-order valence-corrected chi connectivity index (χ2v) is 3.98. The molecule has 0 saturated carbocycles. The molecule has 0 radical (unpaired) electrons. The van der Waals surface area contributed by atoms with E-state index in [1.165, 1.54) is 4.90 Å². The number of fused-ring (bicyclic) bond motifs is 1. The van der Waals surface area contributed by atoms with Crippen LogP contribution in [0, 0.1) is 0 Å². The molecular weight excluding hydrogens is 234 g/mol. The van der Waals surface area contributed by atoms with E-state index in [2.05, 4.69) is 10.3 Å². The van der Waals surface area contributed by atoms with E-state index in [1.54, 1.807) is 0 Å². The van der Waals surface area contributed by atoms with Gasteiger partial charge in [0.1, 0.15) is 5.84 Å². The summed E-state index contributed by atoms with van der Waals surface area (Å²) in [6.07, 6.45) is -0.981. The predicted molar refractivity (Wildman–Crippen MR) is 67.1 cm³/mol. The first kappa shape index (κ1) is 12.4. The molecule has 1 amide bonds. The van der Waals surface area contributed by atoms with E-state index < -0.39 is 6.09 Å². The van der Waals surface area contributed by atoms with Crippen LogP contribution in [0.25, 0.3) is 0 Å². The standard InChI is InChI=1S/C12H15N3O3/c16-6-5-13-11-8-15(12(17)18)7-9-3-1-2-4-10(9)14-11/h1-4,16H,5-8H2,(H,13,14)(H,17,18). The summed E-state index contributed by atoms with van der Waals surface area (Å²) in [7, 11) is 0. The van der Waals surface area contributed by atoms with Gasteiger partial charge in [0, 0.05) is 6.54 Å². The lowest BCUT2D eigenvalue weighted by molar-refractivity contribution is 0.149. The van der Waals surface area contributed by atoms with Crippen LogP contribution < -0.4 is 5.32 Å². The molecular formula is C12H15N3O3. The van der Waals surface area contributed by atoms with Crippen molar-refractivity contribution in [1.29, 1.82) is 0 Å². The Morgan fingerprint density at radius 3 is 2.89 bits per heavy atom. The predicted octanol–water partition coefficient (Wildman–Crippen LogP) is 0.792. The number of amidine groups is 1. The third-order valence-electron chi connectivity index (χ3n) is 2.66. The number of hydrogen-bond acceptors (Lipinski definition) is 4. The number of nitrogens with zero attached hydrogens (tertiary/aromatic N) is 2. The van der Waals surface area contributed by atoms with E-state index in [-0.39, 0.29) is 13.2 Å². The minimum atomic E-state index is -0.981. The largest absolute Gasteiger partial charge is 0.465 e. The summed E-state index contributed by atoms with van der Waals surface area (Å²) in [6, 6.07) is 7.44. The van der Waals surface area contributed by atoms with E-state index >= 15 is 0 Å². The van der Waals surface area contributed by atoms with Crippen molar-refractivity contribution < 1.29 is 15.0 Å². The number of aliphatic imine (C=N–C) groups is 1. The molecule has 1 aromatic rings. The van der Waals surface area contributed by atoms with Crippen LogP contribution in [-0.4, -0.2) is 46.7 Å². The Balaban J connectivity index is 2.29. The lowest BCUT2D eigenvalue weighted by Gasteiger charge is -2.18. The quantitative estimate of drug-likeness (QED) is 0.723. The Hall–Kier alpha value is -2.08. The molecule has 6 heteroatoms. The molecule has 0 unspecified atom stereocenters. The first-order valence-electron chi connectivity index (χ1n) is 5.69. The lowest BCUT2D eigenvalue weighted by Crippen LogP contribution is -2.39. The summed E-state index contributed by atoms with van der Waals surface area (Å²) in [4.78, 5) is 16.8. The summed E-state index contributed by atoms with van der Waals surface area (Å²) in [6.45, 7) is 0.853. The molecule has 1 aliphatic heterocycles. The van der Waals surface area contributed by atoms with E-state index in [9.17, 15) is 4.79 Å². The van der Waals surface area contributed by atoms with E-state index in [4.69, 9.17) is 10.2 Å². The van der Waals surface area contributed by atoms with Crippen LogP contribution in [0.5, 0.6) is 0 Å². The van der Waals surface area contributed by atoms with Gasteiger partial charge in [-0.05, 0) is 11.6 Å². The fourth-order valence-corrected chi connectivity index (χ4v) is 1.81. The Kier molecular flexibility index (Phi) is 3.78. The molecule has 6 nitrogen and oxygen atoms in total. The average molecular weight is 249 g/mol. The maximum Gasteiger partial charge on any atom is 0.408 e. The minimum absolute atomic E-state index is 0.0201. The summed E-state index contributed by atoms with van der Waals surface area (Å²) >= 11 is 0. The second kappa shape index (κ2) is 5.50. The van der Waals surface area contributed by atoms with Gasteiger partial charge in [-0.2, -0.15) is 0 Å². The Morgan fingerprint density at radius 2 is 2.17 bits per heavy atom. The van der Waals surface area contributed by atoms with Crippen molar-refractivity contribution in [3.63, 3.8) is 0 Å². The van der Waals surface area contributed by atoms with Crippen molar-refractivity contribution in [2.45, 2.75) is 6.54 Å². The van der Waals surface area contributed by atoms with Crippen molar-refractivity contribution in [3.8, 4) is 0 Å². The molecule has 1 aromatic carbocycles. The van der Waals surface area contributed by atoms with Crippen LogP contribution >= 0.6 is 0 Å². The zero-order valence-corrected chi connectivity index (χ0v) is 9.83. The highest BCUT2D eigenvalue weighted by Crippen LogP contribution is 2.23. The number of hydrogen-bond donors (Lipinski definition) is 3. The van der Waals surface area contributed by atoms with Crippen LogP contribution in [0.4, 0.5) is 10.5 Å². The van der Waals surface area contributed by atoms with Crippen LogP contribution in [0.3, 0.4) is 0 Å². The van der Waals surface area contributed by atoms with Crippen LogP contribution in [0.15, 0.2) is 29.3 Å². The van der Waals surface area contributed by atoms with E-state index in [0.29, 0.717) is 18.9 Å². The van der Waals surface area contributed by atoms with Crippen molar-refractivity contribution in [3.05, 3.63) is 29.8 Å². The molecule has 0 aliphatic carbocycles. The summed E-state index contributed by atoms with van der Waals surface area (Å²) in [5, 5.41) is 20.8. The molecule has 0 bridgehead atoms. The highest BCUT2D eigenvalue weighted by molar-refractivity contribution is 5.90. The lowest BCUT2D eigenvalue weighted by atomic mass is 10.2. The third kappa shape index (κ3) is 2.78. The molecule has 96 valence electrons. The Labute approximate surface area is 105 Å². The van der Waals surface area contributed by atoms with E-state index in [1.807, 2.05) is 24.3 Å². The number of para-hydroxylation sites is 1. The molecule has 1 heterocycles. The second-order valence-electron chi connectivity index (χ2n) is 3.98. The number of benzene rings is 1. The van der Waals surface area contributed by atoms with Gasteiger partial charge in [0.15, 0.2) is 0 Å². The Morgan fingerprint density at radius 1 is 1.39 bits per heavy atom. The van der Waals surface area contributed by atoms with Crippen LogP contribution in [0.1, 0.15) is 5.56 Å². The van der Waals surface area contributed by atoms with Crippen molar-refractivity contribution in [1.82, 2.24) is 10.2 Å². The molecule has 3 N–H and O–H groups in total. The molecule has 0 spiro atoms. The molecule has 0 fully saturated rings. The maximum atomic E-state index is 11.1. The van der Waals surface area contributed by atoms with Gasteiger partial charge < -0.3 is 15.5 Å². The molecule has 2 rings (SSSR count). The normalized spacial score (nSPS) is 14.5. The fourth-order valence-electron chi connectivity index (χ4n) is 1.81. The molecule has 18 heavy (non-hydrogen) atoms. The number of amides is 1. The number of aliphatic hydroxyl groups excluding tert-OH is 1. The molecule has 0 atom stereocenters. The monoisotopic (exact) mass is 249 g/mol. The Bertz CT molecular complexity index is 473. The fraction of sp³-hybridized carbons (Fsp3) is 0.333. The van der Waals surface area contributed by atoms with Gasteiger partial charge in [0.2, 0.25) is 0 Å². The molecule has 1 aliphatic rings. The number of nitrogens with one attached hydrogen (secondary N) is 1. The van der Waals surface area contributed by atoms with Gasteiger partial charge in [0.25, 0.3) is 0 Å². The highest BCUT2D eigenvalue weighted by atomic mass is 16.4. The van der Waals surface area contributed by atoms with E-state index in [0.717, 1.165) is 11.3 Å². The van der Waals surface area contributed by atoms with Crippen LogP contribution in [-0.2, 0) is 6.54 Å². The van der Waals surface area contributed by atoms with Gasteiger partial charge in [-0.1, -0.05) is 18.2 Å². The van der Waals surface area contributed by atoms with Gasteiger partial charge in [-0.25, -0.2) is 9.79 Å². The maximum absolute atomic E-state index is 11.1. The number of rotatable bonds is 2. The average Bonchev–Trinajstić information content (AvgIpc) is 2.55. The summed E-state index contributed by atoms with van der Waals surface area (Å²) < 4.78 is 0.